The van der Waals surface area contributed by atoms with Crippen molar-refractivity contribution in [2.45, 2.75) is 46.6 Å². The number of para-hydroxylation sites is 1. The molecule has 0 aliphatic heterocycles. The van der Waals surface area contributed by atoms with E-state index in [4.69, 9.17) is 14.2 Å². The number of hydrogen-bond donors (Lipinski definition) is 0. The van der Waals surface area contributed by atoms with Crippen molar-refractivity contribution in [3.8, 4) is 17.2 Å². The van der Waals surface area contributed by atoms with E-state index in [-0.39, 0.29) is 30.4 Å². The number of esters is 2. The van der Waals surface area contributed by atoms with Gasteiger partial charge in [0.15, 0.2) is 11.5 Å². The number of benzene rings is 1. The first-order valence-electron chi connectivity index (χ1n) is 6.68. The molecule has 0 spiro atoms. The summed E-state index contributed by atoms with van der Waals surface area (Å²) in [6, 6.07) is 4.92. The molecule has 0 bridgehead atoms. The lowest BCUT2D eigenvalue weighted by molar-refractivity contribution is -0.136. The zero-order valence-electron chi connectivity index (χ0n) is 12.3. The molecule has 0 saturated carbocycles. The molecule has 5 heteroatoms. The van der Waals surface area contributed by atoms with Crippen molar-refractivity contribution in [1.29, 1.82) is 0 Å². The summed E-state index contributed by atoms with van der Waals surface area (Å²) in [5.74, 6) is -0.103. The third-order valence-electron chi connectivity index (χ3n) is 2.32. The summed E-state index contributed by atoms with van der Waals surface area (Å²) in [7, 11) is 0. The van der Waals surface area contributed by atoms with Gasteiger partial charge in [-0.3, -0.25) is 9.59 Å². The minimum atomic E-state index is -0.418. The monoisotopic (exact) mass is 280 g/mol. The van der Waals surface area contributed by atoms with Crippen molar-refractivity contribution < 1.29 is 23.8 Å². The minimum Gasteiger partial charge on any atom is -0.487 e. The second-order valence-electron chi connectivity index (χ2n) is 4.41. The van der Waals surface area contributed by atoms with Crippen LogP contribution >= 0.6 is 0 Å². The van der Waals surface area contributed by atoms with Gasteiger partial charge >= 0.3 is 11.9 Å². The second kappa shape index (κ2) is 7.53. The molecule has 1 aromatic carbocycles. The van der Waals surface area contributed by atoms with Crippen LogP contribution in [0.1, 0.15) is 40.5 Å². The van der Waals surface area contributed by atoms with Crippen molar-refractivity contribution in [3.05, 3.63) is 18.2 Å². The highest BCUT2D eigenvalue weighted by Crippen LogP contribution is 2.38. The molecule has 110 valence electrons. The molecular formula is C15H20O5. The molecule has 1 rings (SSSR count). The van der Waals surface area contributed by atoms with Crippen molar-refractivity contribution >= 4 is 11.9 Å². The van der Waals surface area contributed by atoms with Gasteiger partial charge in [0.1, 0.15) is 0 Å². The Morgan fingerprint density at radius 1 is 1.00 bits per heavy atom. The Balaban J connectivity index is 3.13. The van der Waals surface area contributed by atoms with Crippen LogP contribution in [0.25, 0.3) is 0 Å². The van der Waals surface area contributed by atoms with Gasteiger partial charge in [0.25, 0.3) is 0 Å². The van der Waals surface area contributed by atoms with E-state index < -0.39 is 11.9 Å². The molecule has 0 saturated heterocycles. The Bertz CT molecular complexity index is 479. The molecule has 0 unspecified atom stereocenters. The molecular weight excluding hydrogens is 260 g/mol. The van der Waals surface area contributed by atoms with Crippen molar-refractivity contribution in [2.75, 3.05) is 0 Å². The molecule has 0 amide bonds. The highest BCUT2D eigenvalue weighted by molar-refractivity contribution is 5.77. The summed E-state index contributed by atoms with van der Waals surface area (Å²) < 4.78 is 16.0. The lowest BCUT2D eigenvalue weighted by atomic mass is 10.3. The molecule has 0 atom stereocenters. The van der Waals surface area contributed by atoms with Gasteiger partial charge in [0.2, 0.25) is 5.75 Å². The van der Waals surface area contributed by atoms with Crippen LogP contribution in [-0.2, 0) is 9.59 Å². The third-order valence-corrected chi connectivity index (χ3v) is 2.32. The first-order chi connectivity index (χ1) is 9.47. The summed E-state index contributed by atoms with van der Waals surface area (Å²) in [6.07, 6.45) is 0.361. The molecule has 0 radical (unpaired) electrons. The zero-order valence-corrected chi connectivity index (χ0v) is 12.3. The number of carbonyl (C=O) groups is 2. The van der Waals surface area contributed by atoms with Gasteiger partial charge in [0, 0.05) is 12.8 Å². The Morgan fingerprint density at radius 3 is 2.10 bits per heavy atom. The Labute approximate surface area is 118 Å². The fourth-order valence-corrected chi connectivity index (χ4v) is 1.40. The van der Waals surface area contributed by atoms with Crippen LogP contribution in [0.3, 0.4) is 0 Å². The van der Waals surface area contributed by atoms with Gasteiger partial charge in [-0.25, -0.2) is 0 Å². The molecule has 0 N–H and O–H groups in total. The van der Waals surface area contributed by atoms with Crippen LogP contribution in [0, 0.1) is 0 Å². The Kier molecular flexibility index (Phi) is 6.03. The maximum Gasteiger partial charge on any atom is 0.311 e. The van der Waals surface area contributed by atoms with Crippen molar-refractivity contribution in [1.82, 2.24) is 0 Å². The predicted octanol–water partition coefficient (Wildman–Crippen LogP) is 3.10. The van der Waals surface area contributed by atoms with Crippen LogP contribution in [-0.4, -0.2) is 18.0 Å². The van der Waals surface area contributed by atoms with Crippen LogP contribution in [0.5, 0.6) is 17.2 Å². The Hall–Kier alpha value is -2.04. The van der Waals surface area contributed by atoms with Crippen molar-refractivity contribution in [2.24, 2.45) is 0 Å². The lowest BCUT2D eigenvalue weighted by Gasteiger charge is -2.16. The summed E-state index contributed by atoms with van der Waals surface area (Å²) in [6.45, 7) is 7.09. The molecule has 0 aromatic heterocycles. The minimum absolute atomic E-state index is 0.0915. The van der Waals surface area contributed by atoms with Gasteiger partial charge in [-0.15, -0.1) is 0 Å². The first-order valence-corrected chi connectivity index (χ1v) is 6.68. The lowest BCUT2D eigenvalue weighted by Crippen LogP contribution is -2.13. The van der Waals surface area contributed by atoms with Crippen LogP contribution < -0.4 is 14.2 Å². The maximum absolute atomic E-state index is 11.5. The molecule has 0 heterocycles. The zero-order chi connectivity index (χ0) is 15.1. The maximum atomic E-state index is 11.5. The molecule has 1 aromatic rings. The quantitative estimate of drug-likeness (QED) is 0.592. The second-order valence-corrected chi connectivity index (χ2v) is 4.41. The topological polar surface area (TPSA) is 61.8 Å². The van der Waals surface area contributed by atoms with Gasteiger partial charge in [-0.2, -0.15) is 0 Å². The van der Waals surface area contributed by atoms with Gasteiger partial charge in [-0.1, -0.05) is 19.9 Å². The fraction of sp³-hybridized carbons (Fsp3) is 0.467. The van der Waals surface area contributed by atoms with E-state index in [1.807, 2.05) is 13.8 Å². The van der Waals surface area contributed by atoms with Crippen LogP contribution in [0.2, 0.25) is 0 Å². The van der Waals surface area contributed by atoms with E-state index in [2.05, 4.69) is 0 Å². The smallest absolute Gasteiger partial charge is 0.311 e. The molecule has 0 fully saturated rings. The largest absolute Gasteiger partial charge is 0.487 e. The first kappa shape index (κ1) is 16.0. The van der Waals surface area contributed by atoms with E-state index in [0.29, 0.717) is 5.75 Å². The van der Waals surface area contributed by atoms with E-state index in [9.17, 15) is 9.59 Å². The van der Waals surface area contributed by atoms with E-state index in [1.165, 1.54) is 0 Å². The molecule has 5 nitrogen and oxygen atoms in total. The molecule has 0 aliphatic carbocycles. The summed E-state index contributed by atoms with van der Waals surface area (Å²) in [4.78, 5) is 22.9. The van der Waals surface area contributed by atoms with E-state index in [0.717, 1.165) is 0 Å². The average Bonchev–Trinajstić information content (AvgIpc) is 2.41. The fourth-order valence-electron chi connectivity index (χ4n) is 1.40. The standard InChI is InChI=1S/C15H20O5/c1-5-13(16)19-12-9-7-8-11(18-10(3)4)15(12)20-14(17)6-2/h7-10H,5-6H2,1-4H3. The number of rotatable bonds is 6. The average molecular weight is 280 g/mol. The number of hydrogen-bond acceptors (Lipinski definition) is 5. The SMILES string of the molecule is CCC(=O)Oc1cccc(OC(C)C)c1OC(=O)CC. The third kappa shape index (κ3) is 4.57. The summed E-state index contributed by atoms with van der Waals surface area (Å²) in [5.41, 5.74) is 0. The van der Waals surface area contributed by atoms with E-state index in [1.54, 1.807) is 32.0 Å². The van der Waals surface area contributed by atoms with Gasteiger partial charge in [0.05, 0.1) is 6.10 Å². The highest BCUT2D eigenvalue weighted by Gasteiger charge is 2.18. The molecule has 20 heavy (non-hydrogen) atoms. The van der Waals surface area contributed by atoms with E-state index >= 15 is 0 Å². The van der Waals surface area contributed by atoms with Crippen LogP contribution in [0.4, 0.5) is 0 Å². The van der Waals surface area contributed by atoms with Crippen LogP contribution in [0.15, 0.2) is 18.2 Å². The highest BCUT2D eigenvalue weighted by atomic mass is 16.6. The number of ether oxygens (including phenoxy) is 3. The summed E-state index contributed by atoms with van der Waals surface area (Å²) >= 11 is 0. The summed E-state index contributed by atoms with van der Waals surface area (Å²) in [5, 5.41) is 0. The molecule has 0 aliphatic rings. The van der Waals surface area contributed by atoms with Crippen molar-refractivity contribution in [3.63, 3.8) is 0 Å². The predicted molar refractivity (Wildman–Crippen MR) is 74.1 cm³/mol. The number of carbonyl (C=O) groups excluding carboxylic acids is 2. The van der Waals surface area contributed by atoms with Gasteiger partial charge in [-0.05, 0) is 26.0 Å². The Morgan fingerprint density at radius 2 is 1.55 bits per heavy atom. The van der Waals surface area contributed by atoms with Gasteiger partial charge < -0.3 is 14.2 Å². The normalized spacial score (nSPS) is 10.2.